The molecule has 1 atom stereocenters. The highest BCUT2D eigenvalue weighted by molar-refractivity contribution is 6.03. The van der Waals surface area contributed by atoms with Crippen LogP contribution in [0.5, 0.6) is 0 Å². The molecule has 0 saturated carbocycles. The first-order chi connectivity index (χ1) is 12.2. The van der Waals surface area contributed by atoms with Gasteiger partial charge in [0.15, 0.2) is 0 Å². The molecule has 1 saturated heterocycles. The van der Waals surface area contributed by atoms with Crippen LogP contribution in [0.25, 0.3) is 10.9 Å². The number of rotatable bonds is 4. The molecule has 1 unspecified atom stereocenters. The molecule has 1 aromatic carbocycles. The Morgan fingerprint density at radius 1 is 1.32 bits per heavy atom. The van der Waals surface area contributed by atoms with E-state index in [0.717, 1.165) is 43.8 Å². The standard InChI is InChI=1S/C19H20N4O2/c24-19(25)16-10-18(21-17-6-2-1-5-15(16)17)23-8-3-4-14(12-23)11-22-9-7-20-13-22/h1-2,5-7,9-10,13-14H,3-4,8,11-12H2,(H,24,25). The molecule has 0 aliphatic carbocycles. The highest BCUT2D eigenvalue weighted by Crippen LogP contribution is 2.27. The zero-order valence-electron chi connectivity index (χ0n) is 13.9. The third-order valence-electron chi connectivity index (χ3n) is 4.80. The number of hydrogen-bond donors (Lipinski definition) is 1. The minimum atomic E-state index is -0.910. The van der Waals surface area contributed by atoms with E-state index < -0.39 is 5.97 Å². The van der Waals surface area contributed by atoms with Crippen molar-refractivity contribution in [3.8, 4) is 0 Å². The van der Waals surface area contributed by atoms with E-state index in [4.69, 9.17) is 4.98 Å². The van der Waals surface area contributed by atoms with Crippen LogP contribution in [0.2, 0.25) is 0 Å². The summed E-state index contributed by atoms with van der Waals surface area (Å²) in [7, 11) is 0. The Morgan fingerprint density at radius 2 is 2.20 bits per heavy atom. The summed E-state index contributed by atoms with van der Waals surface area (Å²) in [6, 6.07) is 9.14. The summed E-state index contributed by atoms with van der Waals surface area (Å²) < 4.78 is 2.10. The summed E-state index contributed by atoms with van der Waals surface area (Å²) in [5.74, 6) is 0.350. The van der Waals surface area contributed by atoms with E-state index in [1.54, 1.807) is 12.3 Å². The van der Waals surface area contributed by atoms with Crippen LogP contribution in [0, 0.1) is 5.92 Å². The number of piperidine rings is 1. The predicted molar refractivity (Wildman–Crippen MR) is 95.9 cm³/mol. The third kappa shape index (κ3) is 3.20. The van der Waals surface area contributed by atoms with Gasteiger partial charge < -0.3 is 14.6 Å². The number of benzene rings is 1. The van der Waals surface area contributed by atoms with E-state index in [2.05, 4.69) is 14.5 Å². The number of aromatic carboxylic acids is 1. The molecule has 1 aliphatic heterocycles. The molecule has 0 spiro atoms. The fourth-order valence-corrected chi connectivity index (χ4v) is 3.62. The van der Waals surface area contributed by atoms with Gasteiger partial charge in [0.2, 0.25) is 0 Å². The lowest BCUT2D eigenvalue weighted by Crippen LogP contribution is -2.37. The van der Waals surface area contributed by atoms with E-state index >= 15 is 0 Å². The van der Waals surface area contributed by atoms with Crippen molar-refractivity contribution in [1.29, 1.82) is 0 Å². The van der Waals surface area contributed by atoms with Crippen molar-refractivity contribution in [3.63, 3.8) is 0 Å². The van der Waals surface area contributed by atoms with E-state index in [-0.39, 0.29) is 0 Å². The molecule has 6 heteroatoms. The van der Waals surface area contributed by atoms with Crippen LogP contribution in [0.1, 0.15) is 23.2 Å². The fraction of sp³-hybridized carbons (Fsp3) is 0.316. The number of anilines is 1. The lowest BCUT2D eigenvalue weighted by molar-refractivity contribution is 0.0699. The number of hydrogen-bond acceptors (Lipinski definition) is 4. The zero-order valence-corrected chi connectivity index (χ0v) is 13.9. The van der Waals surface area contributed by atoms with Gasteiger partial charge in [0.1, 0.15) is 5.82 Å². The molecule has 3 aromatic rings. The van der Waals surface area contributed by atoms with Crippen molar-refractivity contribution < 1.29 is 9.90 Å². The van der Waals surface area contributed by atoms with Crippen LogP contribution >= 0.6 is 0 Å². The van der Waals surface area contributed by atoms with Crippen LogP contribution in [0.15, 0.2) is 49.1 Å². The van der Waals surface area contributed by atoms with Crippen LogP contribution in [-0.2, 0) is 6.54 Å². The monoisotopic (exact) mass is 336 g/mol. The van der Waals surface area contributed by atoms with E-state index in [9.17, 15) is 9.90 Å². The van der Waals surface area contributed by atoms with Crippen molar-refractivity contribution in [3.05, 3.63) is 54.6 Å². The first-order valence-electron chi connectivity index (χ1n) is 8.54. The first kappa shape index (κ1) is 15.6. The van der Waals surface area contributed by atoms with Gasteiger partial charge in [-0.1, -0.05) is 18.2 Å². The average Bonchev–Trinajstić information content (AvgIpc) is 3.14. The predicted octanol–water partition coefficient (Wildman–Crippen LogP) is 3.05. The lowest BCUT2D eigenvalue weighted by atomic mass is 9.97. The molecule has 1 aliphatic rings. The lowest BCUT2D eigenvalue weighted by Gasteiger charge is -2.34. The normalized spacial score (nSPS) is 17.8. The van der Waals surface area contributed by atoms with Crippen molar-refractivity contribution in [1.82, 2.24) is 14.5 Å². The topological polar surface area (TPSA) is 71.2 Å². The minimum Gasteiger partial charge on any atom is -0.478 e. The summed E-state index contributed by atoms with van der Waals surface area (Å²) >= 11 is 0. The molecule has 25 heavy (non-hydrogen) atoms. The molecule has 0 amide bonds. The van der Waals surface area contributed by atoms with Gasteiger partial charge in [-0.3, -0.25) is 0 Å². The second kappa shape index (κ2) is 6.55. The molecule has 1 fully saturated rings. The number of carboxylic acids is 1. The maximum absolute atomic E-state index is 11.7. The van der Waals surface area contributed by atoms with Crippen LogP contribution in [0.3, 0.4) is 0 Å². The molecule has 6 nitrogen and oxygen atoms in total. The second-order valence-electron chi connectivity index (χ2n) is 6.56. The van der Waals surface area contributed by atoms with Crippen molar-refractivity contribution >= 4 is 22.7 Å². The molecular formula is C19H20N4O2. The van der Waals surface area contributed by atoms with Crippen LogP contribution in [-0.4, -0.2) is 38.7 Å². The number of imidazole rings is 1. The van der Waals surface area contributed by atoms with Gasteiger partial charge in [0, 0.05) is 37.4 Å². The van der Waals surface area contributed by atoms with Gasteiger partial charge in [-0.2, -0.15) is 0 Å². The van der Waals surface area contributed by atoms with Crippen LogP contribution in [0.4, 0.5) is 5.82 Å². The molecular weight excluding hydrogens is 316 g/mol. The first-order valence-corrected chi connectivity index (χ1v) is 8.54. The Bertz CT molecular complexity index is 892. The number of carbonyl (C=O) groups is 1. The van der Waals surface area contributed by atoms with Crippen molar-refractivity contribution in [2.45, 2.75) is 19.4 Å². The Kier molecular flexibility index (Phi) is 4.09. The van der Waals surface area contributed by atoms with E-state index in [1.807, 2.05) is 36.8 Å². The quantitative estimate of drug-likeness (QED) is 0.793. The van der Waals surface area contributed by atoms with Gasteiger partial charge >= 0.3 is 5.97 Å². The maximum Gasteiger partial charge on any atom is 0.336 e. The van der Waals surface area contributed by atoms with Gasteiger partial charge in [-0.25, -0.2) is 14.8 Å². The Balaban J connectivity index is 1.63. The number of para-hydroxylation sites is 1. The van der Waals surface area contributed by atoms with Crippen molar-refractivity contribution in [2.75, 3.05) is 18.0 Å². The molecule has 1 N–H and O–H groups in total. The largest absolute Gasteiger partial charge is 0.478 e. The number of aromatic nitrogens is 3. The van der Waals surface area contributed by atoms with Gasteiger partial charge in [0.25, 0.3) is 0 Å². The van der Waals surface area contributed by atoms with Crippen LogP contribution < -0.4 is 4.90 Å². The summed E-state index contributed by atoms with van der Waals surface area (Å²) in [6.45, 7) is 2.71. The Hall–Kier alpha value is -2.89. The molecule has 0 bridgehead atoms. The SMILES string of the molecule is O=C(O)c1cc(N2CCCC(Cn3ccnc3)C2)nc2ccccc12. The highest BCUT2D eigenvalue weighted by Gasteiger charge is 2.23. The third-order valence-corrected chi connectivity index (χ3v) is 4.80. The number of fused-ring (bicyclic) bond motifs is 1. The molecule has 0 radical (unpaired) electrons. The minimum absolute atomic E-state index is 0.317. The molecule has 2 aromatic heterocycles. The number of carboxylic acid groups (broad SMARTS) is 1. The average molecular weight is 336 g/mol. The van der Waals surface area contributed by atoms with E-state index in [1.165, 1.54) is 0 Å². The Morgan fingerprint density at radius 3 is 3.00 bits per heavy atom. The van der Waals surface area contributed by atoms with Crippen molar-refractivity contribution in [2.24, 2.45) is 5.92 Å². The smallest absolute Gasteiger partial charge is 0.336 e. The molecule has 4 rings (SSSR count). The fourth-order valence-electron chi connectivity index (χ4n) is 3.62. The summed E-state index contributed by atoms with van der Waals surface area (Å²) in [4.78, 5) is 22.7. The zero-order chi connectivity index (χ0) is 17.2. The number of pyridine rings is 1. The van der Waals surface area contributed by atoms with Gasteiger partial charge in [-0.15, -0.1) is 0 Å². The maximum atomic E-state index is 11.7. The van der Waals surface area contributed by atoms with Gasteiger partial charge in [0.05, 0.1) is 17.4 Å². The number of nitrogens with zero attached hydrogens (tertiary/aromatic N) is 4. The van der Waals surface area contributed by atoms with E-state index in [0.29, 0.717) is 16.9 Å². The summed E-state index contributed by atoms with van der Waals surface area (Å²) in [6.07, 6.45) is 7.86. The molecule has 128 valence electrons. The second-order valence-corrected chi connectivity index (χ2v) is 6.56. The summed E-state index contributed by atoms with van der Waals surface area (Å²) in [5, 5.41) is 10.3. The summed E-state index contributed by atoms with van der Waals surface area (Å²) in [5.41, 5.74) is 1.05. The Labute approximate surface area is 145 Å². The highest BCUT2D eigenvalue weighted by atomic mass is 16.4. The molecule has 3 heterocycles. The van der Waals surface area contributed by atoms with Gasteiger partial charge in [-0.05, 0) is 30.9 Å².